The van der Waals surface area contributed by atoms with E-state index >= 15 is 0 Å². The largest absolute Gasteiger partial charge is 0.502 e. The van der Waals surface area contributed by atoms with Crippen LogP contribution in [0.3, 0.4) is 0 Å². The first kappa shape index (κ1) is 18.3. The Bertz CT molecular complexity index is 1300. The minimum absolute atomic E-state index is 0.220. The van der Waals surface area contributed by atoms with Gasteiger partial charge in [0.15, 0.2) is 10.9 Å². The summed E-state index contributed by atoms with van der Waals surface area (Å²) in [7, 11) is 0. The quantitative estimate of drug-likeness (QED) is 0.403. The van der Waals surface area contributed by atoms with Crippen molar-refractivity contribution >= 4 is 34.3 Å². The Hall–Kier alpha value is -3.03. The molecule has 0 bridgehead atoms. The first-order valence-corrected chi connectivity index (χ1v) is 9.60. The molecule has 0 amide bonds. The van der Waals surface area contributed by atoms with Crippen LogP contribution in [0.1, 0.15) is 5.76 Å². The average molecular weight is 413 g/mol. The van der Waals surface area contributed by atoms with Crippen molar-refractivity contribution in [2.24, 2.45) is 0 Å². The molecule has 0 aliphatic heterocycles. The van der Waals surface area contributed by atoms with Gasteiger partial charge >= 0.3 is 0 Å². The monoisotopic (exact) mass is 412 g/mol. The first-order valence-electron chi connectivity index (χ1n) is 8.24. The molecule has 2 heterocycles. The van der Waals surface area contributed by atoms with Crippen molar-refractivity contribution in [1.29, 1.82) is 0 Å². The molecular formula is C20H13ClN2O4S. The van der Waals surface area contributed by atoms with Gasteiger partial charge in [-0.15, -0.1) is 0 Å². The van der Waals surface area contributed by atoms with Crippen LogP contribution in [0.15, 0.2) is 80.0 Å². The lowest BCUT2D eigenvalue weighted by atomic mass is 10.2. The van der Waals surface area contributed by atoms with Gasteiger partial charge in [-0.1, -0.05) is 41.6 Å². The van der Waals surface area contributed by atoms with E-state index in [4.69, 9.17) is 16.0 Å². The lowest BCUT2D eigenvalue weighted by Crippen LogP contribution is -2.21. The molecule has 2 aromatic carbocycles. The fourth-order valence-electron chi connectivity index (χ4n) is 2.71. The molecule has 0 saturated carbocycles. The Labute approximate surface area is 168 Å². The number of fused-ring (bicyclic) bond motifs is 1. The molecule has 0 aliphatic carbocycles. The van der Waals surface area contributed by atoms with Gasteiger partial charge in [-0.3, -0.25) is 14.2 Å². The van der Waals surface area contributed by atoms with Gasteiger partial charge in [-0.2, -0.15) is 0 Å². The van der Waals surface area contributed by atoms with E-state index in [1.807, 2.05) is 6.07 Å². The number of rotatable bonds is 4. The van der Waals surface area contributed by atoms with Gasteiger partial charge in [0, 0.05) is 11.1 Å². The number of para-hydroxylation sites is 1. The van der Waals surface area contributed by atoms with Gasteiger partial charge in [-0.05, 0) is 30.3 Å². The van der Waals surface area contributed by atoms with E-state index in [0.717, 1.165) is 6.26 Å². The van der Waals surface area contributed by atoms with Gasteiger partial charge in [-0.25, -0.2) is 4.98 Å². The van der Waals surface area contributed by atoms with Gasteiger partial charge in [0.1, 0.15) is 12.0 Å². The highest BCUT2D eigenvalue weighted by Crippen LogP contribution is 2.25. The normalized spacial score (nSPS) is 11.0. The Morgan fingerprint density at radius 3 is 2.71 bits per heavy atom. The summed E-state index contributed by atoms with van der Waals surface area (Å²) in [5, 5.41) is 10.7. The Morgan fingerprint density at radius 2 is 1.93 bits per heavy atom. The fraction of sp³-hybridized carbons (Fsp3) is 0.0500. The lowest BCUT2D eigenvalue weighted by molar-refractivity contribution is 0.419. The maximum Gasteiger partial charge on any atom is 0.266 e. The van der Waals surface area contributed by atoms with Gasteiger partial charge in [0.05, 0.1) is 22.3 Å². The molecule has 4 aromatic rings. The van der Waals surface area contributed by atoms with Gasteiger partial charge in [0.25, 0.3) is 5.56 Å². The van der Waals surface area contributed by atoms with Crippen LogP contribution in [0, 0.1) is 0 Å². The molecule has 2 aromatic heterocycles. The highest BCUT2D eigenvalue weighted by molar-refractivity contribution is 7.98. The SMILES string of the molecule is O=c1cc(CSc2nc3ccccc3c(=O)n2-c2cccc(Cl)c2)occ1O. The molecule has 0 radical (unpaired) electrons. The number of nitrogens with zero attached hydrogens (tertiary/aromatic N) is 2. The Kier molecular flexibility index (Phi) is 4.93. The summed E-state index contributed by atoms with van der Waals surface area (Å²) in [6.07, 6.45) is 0.996. The van der Waals surface area contributed by atoms with E-state index < -0.39 is 11.2 Å². The molecule has 0 aliphatic rings. The van der Waals surface area contributed by atoms with Crippen LogP contribution < -0.4 is 11.0 Å². The fourth-order valence-corrected chi connectivity index (χ4v) is 3.79. The van der Waals surface area contributed by atoms with Crippen LogP contribution >= 0.6 is 23.4 Å². The van der Waals surface area contributed by atoms with E-state index in [9.17, 15) is 14.7 Å². The van der Waals surface area contributed by atoms with Crippen LogP contribution in [0.25, 0.3) is 16.6 Å². The number of benzene rings is 2. The van der Waals surface area contributed by atoms with E-state index in [-0.39, 0.29) is 11.3 Å². The predicted molar refractivity (Wildman–Crippen MR) is 109 cm³/mol. The van der Waals surface area contributed by atoms with Crippen molar-refractivity contribution in [3.63, 3.8) is 0 Å². The topological polar surface area (TPSA) is 85.3 Å². The van der Waals surface area contributed by atoms with E-state index in [2.05, 4.69) is 4.98 Å². The van der Waals surface area contributed by atoms with Crippen molar-refractivity contribution in [2.45, 2.75) is 10.9 Å². The zero-order valence-corrected chi connectivity index (χ0v) is 15.9. The molecule has 0 saturated heterocycles. The molecule has 28 heavy (non-hydrogen) atoms. The van der Waals surface area contributed by atoms with Crippen LogP contribution in [-0.4, -0.2) is 14.7 Å². The molecule has 8 heteroatoms. The number of hydrogen-bond donors (Lipinski definition) is 1. The minimum Gasteiger partial charge on any atom is -0.502 e. The number of hydrogen-bond acceptors (Lipinski definition) is 6. The second-order valence-corrected chi connectivity index (χ2v) is 7.30. The van der Waals surface area contributed by atoms with E-state index in [1.165, 1.54) is 22.4 Å². The number of thioether (sulfide) groups is 1. The van der Waals surface area contributed by atoms with E-state index in [0.29, 0.717) is 32.5 Å². The molecule has 0 atom stereocenters. The van der Waals surface area contributed by atoms with Crippen LogP contribution in [0.4, 0.5) is 0 Å². The highest BCUT2D eigenvalue weighted by Gasteiger charge is 2.14. The molecule has 0 unspecified atom stereocenters. The van der Waals surface area contributed by atoms with Crippen molar-refractivity contribution in [2.75, 3.05) is 0 Å². The summed E-state index contributed by atoms with van der Waals surface area (Å²) in [5.74, 6) is 0.155. The molecule has 6 nitrogen and oxygen atoms in total. The molecule has 0 fully saturated rings. The zero-order chi connectivity index (χ0) is 19.7. The summed E-state index contributed by atoms with van der Waals surface area (Å²) in [6.45, 7) is 0. The second kappa shape index (κ2) is 7.53. The first-order chi connectivity index (χ1) is 13.5. The lowest BCUT2D eigenvalue weighted by Gasteiger charge is -2.13. The van der Waals surface area contributed by atoms with E-state index in [1.54, 1.807) is 42.5 Å². The molecule has 0 spiro atoms. The van der Waals surface area contributed by atoms with Gasteiger partial charge < -0.3 is 9.52 Å². The van der Waals surface area contributed by atoms with Crippen LogP contribution in [0.5, 0.6) is 5.75 Å². The second-order valence-electron chi connectivity index (χ2n) is 5.92. The predicted octanol–water partition coefficient (Wildman–Crippen LogP) is 3.99. The number of halogens is 1. The third-order valence-electron chi connectivity index (χ3n) is 4.02. The van der Waals surface area contributed by atoms with Crippen molar-refractivity contribution in [3.8, 4) is 11.4 Å². The standard InChI is InChI=1S/C20H13ClN2O4S/c21-12-4-3-5-13(8-12)23-19(26)15-6-1-2-7-16(15)22-20(23)28-11-14-9-17(24)18(25)10-27-14/h1-10,25H,11H2. The minimum atomic E-state index is -0.527. The van der Waals surface area contributed by atoms with Gasteiger partial charge in [0.2, 0.25) is 5.43 Å². The van der Waals surface area contributed by atoms with Crippen LogP contribution in [0.2, 0.25) is 5.02 Å². The third-order valence-corrected chi connectivity index (χ3v) is 5.22. The molecule has 140 valence electrons. The van der Waals surface area contributed by atoms with Crippen molar-refractivity contribution in [3.05, 3.63) is 92.2 Å². The van der Waals surface area contributed by atoms with Crippen LogP contribution in [-0.2, 0) is 5.75 Å². The maximum absolute atomic E-state index is 13.1. The molecule has 1 N–H and O–H groups in total. The third kappa shape index (κ3) is 3.54. The number of aromatic nitrogens is 2. The molecular weight excluding hydrogens is 400 g/mol. The Balaban J connectivity index is 1.83. The summed E-state index contributed by atoms with van der Waals surface area (Å²) >= 11 is 7.35. The molecule has 4 rings (SSSR count). The highest BCUT2D eigenvalue weighted by atomic mass is 35.5. The summed E-state index contributed by atoms with van der Waals surface area (Å²) < 4.78 is 6.72. The smallest absolute Gasteiger partial charge is 0.266 e. The number of aromatic hydroxyl groups is 1. The summed E-state index contributed by atoms with van der Waals surface area (Å²) in [6, 6.07) is 15.2. The summed E-state index contributed by atoms with van der Waals surface area (Å²) in [4.78, 5) is 29.3. The van der Waals surface area contributed by atoms with Crippen molar-refractivity contribution < 1.29 is 9.52 Å². The van der Waals surface area contributed by atoms with Crippen molar-refractivity contribution in [1.82, 2.24) is 9.55 Å². The average Bonchev–Trinajstić information content (AvgIpc) is 2.69. The Morgan fingerprint density at radius 1 is 1.11 bits per heavy atom. The maximum atomic E-state index is 13.1. The summed E-state index contributed by atoms with van der Waals surface area (Å²) in [5.41, 5.74) is 0.411. The zero-order valence-electron chi connectivity index (χ0n) is 14.3.